The van der Waals surface area contributed by atoms with Gasteiger partial charge < -0.3 is 15.1 Å². The Bertz CT molecular complexity index is 456. The van der Waals surface area contributed by atoms with E-state index in [0.717, 1.165) is 38.0 Å². The first-order chi connectivity index (χ1) is 9.68. The predicted octanol–water partition coefficient (Wildman–Crippen LogP) is 1.34. The van der Waals surface area contributed by atoms with Crippen LogP contribution in [0.5, 0.6) is 0 Å². The van der Waals surface area contributed by atoms with Crippen molar-refractivity contribution < 1.29 is 10.2 Å². The summed E-state index contributed by atoms with van der Waals surface area (Å²) < 4.78 is 0. The van der Waals surface area contributed by atoms with Crippen LogP contribution in [0.2, 0.25) is 5.28 Å². The molecule has 3 rings (SSSR count). The van der Waals surface area contributed by atoms with E-state index in [4.69, 9.17) is 11.6 Å². The second-order valence-corrected chi connectivity index (χ2v) is 6.36. The van der Waals surface area contributed by atoms with Gasteiger partial charge in [-0.05, 0) is 42.7 Å². The van der Waals surface area contributed by atoms with Gasteiger partial charge in [0.2, 0.25) is 5.28 Å². The predicted molar refractivity (Wildman–Crippen MR) is 76.7 cm³/mol. The summed E-state index contributed by atoms with van der Waals surface area (Å²) in [6, 6.07) is 0. The van der Waals surface area contributed by atoms with Crippen molar-refractivity contribution in [3.8, 4) is 0 Å². The minimum atomic E-state index is -0.198. The normalized spacial score (nSPS) is 25.8. The SMILES string of the molecule is OCC1(CO)C[C@H]1C1CCN(c2cnc(Cl)nc2)CC1. The molecule has 2 aliphatic rings. The van der Waals surface area contributed by atoms with Gasteiger partial charge in [0, 0.05) is 18.5 Å². The first-order valence-corrected chi connectivity index (χ1v) is 7.50. The standard InChI is InChI=1S/C14H20ClN3O2/c15-13-16-6-11(7-17-13)18-3-1-10(2-4-18)12-5-14(12,8-19)9-20/h6-7,10,12,19-20H,1-5,8-9H2/t12-/m0/s1. The van der Waals surface area contributed by atoms with E-state index in [9.17, 15) is 10.2 Å². The summed E-state index contributed by atoms with van der Waals surface area (Å²) in [6.45, 7) is 2.16. The minimum absolute atomic E-state index is 0.111. The third-order valence-corrected chi connectivity index (χ3v) is 5.16. The second kappa shape index (κ2) is 5.47. The van der Waals surface area contributed by atoms with Crippen molar-refractivity contribution in [2.24, 2.45) is 17.3 Å². The van der Waals surface area contributed by atoms with Crippen LogP contribution >= 0.6 is 11.6 Å². The highest BCUT2D eigenvalue weighted by molar-refractivity contribution is 6.28. The van der Waals surface area contributed by atoms with Crippen LogP contribution in [0.4, 0.5) is 5.69 Å². The lowest BCUT2D eigenvalue weighted by atomic mass is 9.87. The number of anilines is 1. The zero-order valence-electron chi connectivity index (χ0n) is 11.4. The van der Waals surface area contributed by atoms with E-state index in [1.807, 2.05) is 0 Å². The van der Waals surface area contributed by atoms with E-state index in [1.54, 1.807) is 12.4 Å². The number of halogens is 1. The van der Waals surface area contributed by atoms with Gasteiger partial charge in [0.1, 0.15) is 0 Å². The van der Waals surface area contributed by atoms with E-state index in [-0.39, 0.29) is 23.9 Å². The molecule has 20 heavy (non-hydrogen) atoms. The van der Waals surface area contributed by atoms with E-state index < -0.39 is 0 Å². The van der Waals surface area contributed by atoms with Gasteiger partial charge in [0.05, 0.1) is 31.3 Å². The first kappa shape index (κ1) is 14.0. The summed E-state index contributed by atoms with van der Waals surface area (Å²) >= 11 is 5.70. The molecule has 5 nitrogen and oxygen atoms in total. The largest absolute Gasteiger partial charge is 0.396 e. The Morgan fingerprint density at radius 2 is 1.80 bits per heavy atom. The third-order valence-electron chi connectivity index (χ3n) is 4.96. The van der Waals surface area contributed by atoms with Gasteiger partial charge in [-0.2, -0.15) is 0 Å². The highest BCUT2D eigenvalue weighted by Crippen LogP contribution is 2.58. The van der Waals surface area contributed by atoms with Crippen molar-refractivity contribution in [2.75, 3.05) is 31.2 Å². The minimum Gasteiger partial charge on any atom is -0.396 e. The van der Waals surface area contributed by atoms with Gasteiger partial charge in [-0.1, -0.05) is 0 Å². The van der Waals surface area contributed by atoms with Crippen LogP contribution in [0.1, 0.15) is 19.3 Å². The van der Waals surface area contributed by atoms with Crippen molar-refractivity contribution >= 4 is 17.3 Å². The molecule has 0 bridgehead atoms. The molecule has 1 aromatic heterocycles. The summed E-state index contributed by atoms with van der Waals surface area (Å²) in [4.78, 5) is 10.3. The van der Waals surface area contributed by atoms with E-state index in [2.05, 4.69) is 14.9 Å². The van der Waals surface area contributed by atoms with Crippen LogP contribution in [-0.4, -0.2) is 46.5 Å². The average Bonchev–Trinajstić information content (AvgIpc) is 3.24. The molecule has 2 heterocycles. The van der Waals surface area contributed by atoms with Crippen LogP contribution in [-0.2, 0) is 0 Å². The van der Waals surface area contributed by atoms with E-state index >= 15 is 0 Å². The molecule has 0 unspecified atom stereocenters. The maximum absolute atomic E-state index is 9.41. The summed E-state index contributed by atoms with van der Waals surface area (Å²) in [7, 11) is 0. The fourth-order valence-corrected chi connectivity index (χ4v) is 3.59. The molecule has 1 aliphatic heterocycles. The maximum Gasteiger partial charge on any atom is 0.222 e. The molecular formula is C14H20ClN3O2. The van der Waals surface area contributed by atoms with Crippen LogP contribution in [0.15, 0.2) is 12.4 Å². The molecule has 0 radical (unpaired) electrons. The molecule has 1 saturated heterocycles. The van der Waals surface area contributed by atoms with Crippen molar-refractivity contribution in [3.63, 3.8) is 0 Å². The fourth-order valence-electron chi connectivity index (χ4n) is 3.49. The van der Waals surface area contributed by atoms with Gasteiger partial charge >= 0.3 is 0 Å². The van der Waals surface area contributed by atoms with Gasteiger partial charge in [0.15, 0.2) is 0 Å². The third kappa shape index (κ3) is 2.50. The Morgan fingerprint density at radius 3 is 2.30 bits per heavy atom. The van der Waals surface area contributed by atoms with Crippen molar-refractivity contribution in [1.29, 1.82) is 0 Å². The molecule has 2 N–H and O–H groups in total. The molecule has 1 saturated carbocycles. The Hall–Kier alpha value is -0.910. The molecule has 6 heteroatoms. The topological polar surface area (TPSA) is 69.5 Å². The van der Waals surface area contributed by atoms with Crippen molar-refractivity contribution in [1.82, 2.24) is 9.97 Å². The number of piperidine rings is 1. The van der Waals surface area contributed by atoms with E-state index in [1.165, 1.54) is 0 Å². The quantitative estimate of drug-likeness (QED) is 0.821. The molecule has 1 aromatic rings. The number of hydrogen-bond donors (Lipinski definition) is 2. The molecule has 1 atom stereocenters. The molecule has 0 spiro atoms. The molecule has 2 fully saturated rings. The number of rotatable bonds is 4. The summed E-state index contributed by atoms with van der Waals surface area (Å²) in [5, 5.41) is 19.1. The van der Waals surface area contributed by atoms with Gasteiger partial charge in [0.25, 0.3) is 0 Å². The van der Waals surface area contributed by atoms with Crippen LogP contribution in [0, 0.1) is 17.3 Å². The number of aromatic nitrogens is 2. The van der Waals surface area contributed by atoms with Gasteiger partial charge in [-0.3, -0.25) is 0 Å². The van der Waals surface area contributed by atoms with E-state index in [0.29, 0.717) is 11.8 Å². The fraction of sp³-hybridized carbons (Fsp3) is 0.714. The molecular weight excluding hydrogens is 278 g/mol. The van der Waals surface area contributed by atoms with Crippen LogP contribution in [0.25, 0.3) is 0 Å². The zero-order valence-corrected chi connectivity index (χ0v) is 12.1. The lowest BCUT2D eigenvalue weighted by Crippen LogP contribution is -2.35. The number of aliphatic hydroxyl groups is 2. The molecule has 0 aromatic carbocycles. The number of nitrogens with zero attached hydrogens (tertiary/aromatic N) is 3. The highest BCUT2D eigenvalue weighted by atomic mass is 35.5. The van der Waals surface area contributed by atoms with Crippen molar-refractivity contribution in [2.45, 2.75) is 19.3 Å². The lowest BCUT2D eigenvalue weighted by Gasteiger charge is -2.34. The number of hydrogen-bond acceptors (Lipinski definition) is 5. The molecule has 0 amide bonds. The Labute approximate surface area is 123 Å². The van der Waals surface area contributed by atoms with Gasteiger partial charge in [-0.15, -0.1) is 0 Å². The first-order valence-electron chi connectivity index (χ1n) is 7.13. The molecule has 1 aliphatic carbocycles. The lowest BCUT2D eigenvalue weighted by molar-refractivity contribution is 0.108. The Morgan fingerprint density at radius 1 is 1.20 bits per heavy atom. The Kier molecular flexibility index (Phi) is 3.84. The summed E-state index contributed by atoms with van der Waals surface area (Å²) in [5.41, 5.74) is 0.815. The zero-order chi connectivity index (χ0) is 14.2. The Balaban J connectivity index is 1.57. The highest BCUT2D eigenvalue weighted by Gasteiger charge is 2.56. The van der Waals surface area contributed by atoms with Crippen LogP contribution < -0.4 is 4.90 Å². The van der Waals surface area contributed by atoms with Gasteiger partial charge in [-0.25, -0.2) is 9.97 Å². The molecule has 110 valence electrons. The number of aliphatic hydroxyl groups excluding tert-OH is 2. The maximum atomic E-state index is 9.41. The second-order valence-electron chi connectivity index (χ2n) is 6.02. The average molecular weight is 298 g/mol. The smallest absolute Gasteiger partial charge is 0.222 e. The summed E-state index contributed by atoms with van der Waals surface area (Å²) in [5.74, 6) is 1.10. The summed E-state index contributed by atoms with van der Waals surface area (Å²) in [6.07, 6.45) is 6.68. The van der Waals surface area contributed by atoms with Crippen LogP contribution in [0.3, 0.4) is 0 Å². The van der Waals surface area contributed by atoms with Crippen molar-refractivity contribution in [3.05, 3.63) is 17.7 Å². The monoisotopic (exact) mass is 297 g/mol.